The van der Waals surface area contributed by atoms with Crippen LogP contribution in [-0.4, -0.2) is 29.8 Å². The first-order chi connectivity index (χ1) is 13.5. The Morgan fingerprint density at radius 3 is 2.46 bits per heavy atom. The Hall–Kier alpha value is -2.63. The van der Waals surface area contributed by atoms with Crippen molar-refractivity contribution >= 4 is 11.7 Å². The number of amides is 1. The fourth-order valence-electron chi connectivity index (χ4n) is 3.58. The quantitative estimate of drug-likeness (QED) is 0.576. The van der Waals surface area contributed by atoms with Gasteiger partial charge in [-0.25, -0.2) is 4.98 Å². The van der Waals surface area contributed by atoms with Crippen LogP contribution in [-0.2, 0) is 16.0 Å². The maximum Gasteiger partial charge on any atom is 0.227 e. The maximum absolute atomic E-state index is 12.4. The van der Waals surface area contributed by atoms with E-state index < -0.39 is 0 Å². The molecule has 0 saturated heterocycles. The summed E-state index contributed by atoms with van der Waals surface area (Å²) < 4.78 is 10.9. The van der Waals surface area contributed by atoms with Gasteiger partial charge in [-0.15, -0.1) is 0 Å². The number of aromatic nitrogens is 1. The van der Waals surface area contributed by atoms with Gasteiger partial charge in [0.1, 0.15) is 17.3 Å². The number of hydrogen-bond donors (Lipinski definition) is 1. The fraction of sp³-hybridized carbons (Fsp3) is 0.500. The molecule has 1 aliphatic carbocycles. The highest BCUT2D eigenvalue weighted by atomic mass is 16.5. The molecule has 1 heterocycles. The van der Waals surface area contributed by atoms with Gasteiger partial charge in [-0.1, -0.05) is 25.7 Å². The van der Waals surface area contributed by atoms with E-state index in [2.05, 4.69) is 10.3 Å². The van der Waals surface area contributed by atoms with Crippen LogP contribution in [0.3, 0.4) is 0 Å². The van der Waals surface area contributed by atoms with Crippen LogP contribution in [0.4, 0.5) is 0 Å². The topological polar surface area (TPSA) is 81.4 Å². The number of ketones is 1. The molecule has 28 heavy (non-hydrogen) atoms. The van der Waals surface area contributed by atoms with E-state index in [0.29, 0.717) is 17.3 Å². The van der Waals surface area contributed by atoms with Gasteiger partial charge in [0.2, 0.25) is 11.8 Å². The number of nitrogens with zero attached hydrogens (tertiary/aromatic N) is 1. The van der Waals surface area contributed by atoms with Gasteiger partial charge in [0.25, 0.3) is 0 Å². The summed E-state index contributed by atoms with van der Waals surface area (Å²) in [5.74, 6) is 1.48. The molecule has 6 heteroatoms. The van der Waals surface area contributed by atoms with Gasteiger partial charge in [0.15, 0.2) is 0 Å². The highest BCUT2D eigenvalue weighted by Gasteiger charge is 2.19. The smallest absolute Gasteiger partial charge is 0.227 e. The Labute approximate surface area is 165 Å². The van der Waals surface area contributed by atoms with E-state index in [1.807, 2.05) is 24.3 Å². The molecular weight excluding hydrogens is 356 g/mol. The first kappa shape index (κ1) is 20.1. The molecular formula is C22H28N2O4. The number of methoxy groups -OCH3 is 1. The Bertz CT molecular complexity index is 802. The van der Waals surface area contributed by atoms with Gasteiger partial charge in [0, 0.05) is 11.6 Å². The van der Waals surface area contributed by atoms with Crippen molar-refractivity contribution in [1.82, 2.24) is 10.3 Å². The van der Waals surface area contributed by atoms with Crippen molar-refractivity contribution in [2.45, 2.75) is 64.3 Å². The van der Waals surface area contributed by atoms with E-state index in [0.717, 1.165) is 37.0 Å². The summed E-state index contributed by atoms with van der Waals surface area (Å²) >= 11 is 0. The minimum Gasteiger partial charge on any atom is -0.497 e. The van der Waals surface area contributed by atoms with Gasteiger partial charge >= 0.3 is 0 Å². The van der Waals surface area contributed by atoms with Crippen molar-refractivity contribution in [3.8, 4) is 17.2 Å². The minimum atomic E-state index is -0.187. The molecule has 0 spiro atoms. The lowest BCUT2D eigenvalue weighted by Gasteiger charge is -2.15. The van der Waals surface area contributed by atoms with Gasteiger partial charge in [-0.3, -0.25) is 9.59 Å². The van der Waals surface area contributed by atoms with Crippen molar-refractivity contribution in [1.29, 1.82) is 0 Å². The maximum atomic E-state index is 12.4. The minimum absolute atomic E-state index is 0.101. The molecule has 2 aromatic rings. The molecule has 1 aliphatic rings. The number of carbonyl (C=O) groups is 2. The Morgan fingerprint density at radius 2 is 1.82 bits per heavy atom. The van der Waals surface area contributed by atoms with Gasteiger partial charge in [-0.2, -0.15) is 0 Å². The molecule has 1 aromatic heterocycles. The molecule has 150 valence electrons. The SMILES string of the molecule is COc1ccc(-c2nc(CC(=O)CC(=O)NC3CCCCCC3)c(C)o2)cc1. The zero-order valence-electron chi connectivity index (χ0n) is 16.6. The van der Waals surface area contributed by atoms with Crippen molar-refractivity contribution < 1.29 is 18.7 Å². The van der Waals surface area contributed by atoms with Gasteiger partial charge in [0.05, 0.1) is 25.6 Å². The van der Waals surface area contributed by atoms with Crippen LogP contribution in [0.25, 0.3) is 11.5 Å². The van der Waals surface area contributed by atoms with Gasteiger partial charge in [-0.05, 0) is 44.0 Å². The van der Waals surface area contributed by atoms with Crippen molar-refractivity contribution in [2.24, 2.45) is 0 Å². The molecule has 6 nitrogen and oxygen atoms in total. The van der Waals surface area contributed by atoms with Crippen LogP contribution in [0.5, 0.6) is 5.75 Å². The predicted octanol–water partition coefficient (Wildman–Crippen LogP) is 4.00. The number of nitrogens with one attached hydrogen (secondary N) is 1. The molecule has 0 atom stereocenters. The molecule has 1 N–H and O–H groups in total. The lowest BCUT2D eigenvalue weighted by Crippen LogP contribution is -2.35. The summed E-state index contributed by atoms with van der Waals surface area (Å²) in [6, 6.07) is 7.58. The molecule has 3 rings (SSSR count). The van der Waals surface area contributed by atoms with Crippen LogP contribution in [0, 0.1) is 6.92 Å². The summed E-state index contributed by atoms with van der Waals surface area (Å²) in [4.78, 5) is 29.0. The zero-order chi connectivity index (χ0) is 19.9. The first-order valence-corrected chi connectivity index (χ1v) is 9.97. The lowest BCUT2D eigenvalue weighted by molar-refractivity contribution is -0.128. The van der Waals surface area contributed by atoms with Crippen molar-refractivity contribution in [2.75, 3.05) is 7.11 Å². The summed E-state index contributed by atoms with van der Waals surface area (Å²) in [6.07, 6.45) is 6.75. The number of carbonyl (C=O) groups excluding carboxylic acids is 2. The second-order valence-corrected chi connectivity index (χ2v) is 7.40. The van der Waals surface area contributed by atoms with Gasteiger partial charge < -0.3 is 14.5 Å². The molecule has 1 aromatic carbocycles. The summed E-state index contributed by atoms with van der Waals surface area (Å²) in [5, 5.41) is 3.02. The normalized spacial score (nSPS) is 15.1. The Balaban J connectivity index is 1.56. The largest absolute Gasteiger partial charge is 0.497 e. The molecule has 1 fully saturated rings. The standard InChI is InChI=1S/C22H28N2O4/c1-15-20(24-22(28-15)16-9-11-19(27-2)12-10-16)13-18(25)14-21(26)23-17-7-5-3-4-6-8-17/h9-12,17H,3-8,13-14H2,1-2H3,(H,23,26). The van der Waals surface area contributed by atoms with E-state index in [-0.39, 0.29) is 30.6 Å². The lowest BCUT2D eigenvalue weighted by atomic mass is 10.1. The number of hydrogen-bond acceptors (Lipinski definition) is 5. The number of rotatable bonds is 7. The molecule has 1 saturated carbocycles. The molecule has 0 unspecified atom stereocenters. The van der Waals surface area contributed by atoms with E-state index in [1.165, 1.54) is 12.8 Å². The number of ether oxygens (including phenoxy) is 1. The van der Waals surface area contributed by atoms with Crippen LogP contribution < -0.4 is 10.1 Å². The summed E-state index contributed by atoms with van der Waals surface area (Å²) in [6.45, 7) is 1.79. The third kappa shape index (κ3) is 5.44. The highest BCUT2D eigenvalue weighted by molar-refractivity contribution is 5.98. The molecule has 0 bridgehead atoms. The van der Waals surface area contributed by atoms with Crippen LogP contribution >= 0.6 is 0 Å². The van der Waals surface area contributed by atoms with Crippen molar-refractivity contribution in [3.63, 3.8) is 0 Å². The number of Topliss-reactive ketones (excluding diaryl/α,β-unsaturated/α-hetero) is 1. The van der Waals surface area contributed by atoms with E-state index in [9.17, 15) is 9.59 Å². The van der Waals surface area contributed by atoms with Crippen LogP contribution in [0.15, 0.2) is 28.7 Å². The summed E-state index contributed by atoms with van der Waals surface area (Å²) in [5.41, 5.74) is 1.40. The average Bonchev–Trinajstić information content (AvgIpc) is 2.87. The summed E-state index contributed by atoms with van der Waals surface area (Å²) in [7, 11) is 1.61. The monoisotopic (exact) mass is 384 g/mol. The van der Waals surface area contributed by atoms with E-state index in [1.54, 1.807) is 14.0 Å². The number of oxazole rings is 1. The first-order valence-electron chi connectivity index (χ1n) is 9.97. The van der Waals surface area contributed by atoms with Crippen molar-refractivity contribution in [3.05, 3.63) is 35.7 Å². The predicted molar refractivity (Wildman–Crippen MR) is 106 cm³/mol. The second kappa shape index (κ2) is 9.53. The Morgan fingerprint density at radius 1 is 1.14 bits per heavy atom. The fourth-order valence-corrected chi connectivity index (χ4v) is 3.58. The zero-order valence-corrected chi connectivity index (χ0v) is 16.6. The third-order valence-corrected chi connectivity index (χ3v) is 5.17. The molecule has 0 aliphatic heterocycles. The van der Waals surface area contributed by atoms with E-state index >= 15 is 0 Å². The van der Waals surface area contributed by atoms with E-state index in [4.69, 9.17) is 9.15 Å². The number of aryl methyl sites for hydroxylation is 1. The average molecular weight is 384 g/mol. The third-order valence-electron chi connectivity index (χ3n) is 5.17. The molecule has 0 radical (unpaired) electrons. The van der Waals surface area contributed by atoms with Crippen LogP contribution in [0.1, 0.15) is 56.4 Å². The molecule has 1 amide bonds. The number of benzene rings is 1. The Kier molecular flexibility index (Phi) is 6.85. The second-order valence-electron chi connectivity index (χ2n) is 7.40. The highest BCUT2D eigenvalue weighted by Crippen LogP contribution is 2.24. The van der Waals surface area contributed by atoms with Crippen LogP contribution in [0.2, 0.25) is 0 Å².